The highest BCUT2D eigenvalue weighted by atomic mass is 16.5. The Morgan fingerprint density at radius 3 is 2.81 bits per heavy atom. The van der Waals surface area contributed by atoms with E-state index in [-0.39, 0.29) is 0 Å². The zero-order valence-electron chi connectivity index (χ0n) is 12.0. The second kappa shape index (κ2) is 5.97. The van der Waals surface area contributed by atoms with Gasteiger partial charge in [-0.05, 0) is 12.1 Å². The minimum Gasteiger partial charge on any atom is -0.491 e. The van der Waals surface area contributed by atoms with Crippen LogP contribution >= 0.6 is 0 Å². The molecule has 1 aromatic carbocycles. The first-order valence-electron chi connectivity index (χ1n) is 6.87. The first-order chi connectivity index (χ1) is 10.3. The fraction of sp³-hybridized carbons (Fsp3) is 0.333. The molecular weight excluding hydrogens is 268 g/mol. The Labute approximate surface area is 123 Å². The monoisotopic (exact) mass is 286 g/mol. The van der Waals surface area contributed by atoms with Gasteiger partial charge >= 0.3 is 0 Å². The molecule has 2 N–H and O–H groups in total. The SMILES string of the molecule is COc1cnc(-c2cccc(N)c2)nc1N1CCOCC1. The molecule has 0 spiro atoms. The summed E-state index contributed by atoms with van der Waals surface area (Å²) < 4.78 is 10.8. The van der Waals surface area contributed by atoms with Crippen LogP contribution in [-0.4, -0.2) is 43.4 Å². The number of methoxy groups -OCH3 is 1. The Morgan fingerprint density at radius 1 is 1.29 bits per heavy atom. The molecule has 0 unspecified atom stereocenters. The van der Waals surface area contributed by atoms with Crippen molar-refractivity contribution in [2.24, 2.45) is 0 Å². The van der Waals surface area contributed by atoms with Crippen molar-refractivity contribution >= 4 is 11.5 Å². The summed E-state index contributed by atoms with van der Waals surface area (Å²) in [7, 11) is 1.63. The zero-order valence-corrected chi connectivity index (χ0v) is 12.0. The van der Waals surface area contributed by atoms with Crippen LogP contribution in [0.25, 0.3) is 11.4 Å². The van der Waals surface area contributed by atoms with Gasteiger partial charge in [0.2, 0.25) is 0 Å². The van der Waals surface area contributed by atoms with Crippen molar-refractivity contribution in [3.05, 3.63) is 30.5 Å². The molecule has 21 heavy (non-hydrogen) atoms. The number of benzene rings is 1. The number of morpholine rings is 1. The second-order valence-corrected chi connectivity index (χ2v) is 4.81. The van der Waals surface area contributed by atoms with Crippen LogP contribution in [0.2, 0.25) is 0 Å². The van der Waals surface area contributed by atoms with E-state index in [0.717, 1.165) is 24.5 Å². The second-order valence-electron chi connectivity index (χ2n) is 4.81. The molecule has 1 aliphatic rings. The van der Waals surface area contributed by atoms with E-state index in [2.05, 4.69) is 14.9 Å². The lowest BCUT2D eigenvalue weighted by molar-refractivity contribution is 0.122. The summed E-state index contributed by atoms with van der Waals surface area (Å²) in [6.45, 7) is 2.98. The van der Waals surface area contributed by atoms with Gasteiger partial charge in [-0.15, -0.1) is 0 Å². The van der Waals surface area contributed by atoms with E-state index in [1.165, 1.54) is 0 Å². The number of nitrogens with two attached hydrogens (primary N) is 1. The minimum atomic E-state index is 0.643. The molecule has 3 rings (SSSR count). The van der Waals surface area contributed by atoms with Crippen LogP contribution in [0.1, 0.15) is 0 Å². The topological polar surface area (TPSA) is 73.5 Å². The van der Waals surface area contributed by atoms with Gasteiger partial charge in [0.15, 0.2) is 17.4 Å². The Kier molecular flexibility index (Phi) is 3.87. The quantitative estimate of drug-likeness (QED) is 0.863. The summed E-state index contributed by atoms with van der Waals surface area (Å²) >= 11 is 0. The molecule has 0 radical (unpaired) electrons. The highest BCUT2D eigenvalue weighted by Crippen LogP contribution is 2.28. The highest BCUT2D eigenvalue weighted by molar-refractivity contribution is 5.64. The molecule has 0 amide bonds. The Hall–Kier alpha value is -2.34. The molecule has 0 bridgehead atoms. The molecule has 110 valence electrons. The van der Waals surface area contributed by atoms with Crippen molar-refractivity contribution in [3.63, 3.8) is 0 Å². The number of hydrogen-bond donors (Lipinski definition) is 1. The fourth-order valence-electron chi connectivity index (χ4n) is 2.32. The van der Waals surface area contributed by atoms with Crippen LogP contribution in [0.5, 0.6) is 5.75 Å². The summed E-state index contributed by atoms with van der Waals surface area (Å²) in [5.41, 5.74) is 7.42. The summed E-state index contributed by atoms with van der Waals surface area (Å²) in [5, 5.41) is 0. The highest BCUT2D eigenvalue weighted by Gasteiger charge is 2.18. The summed E-state index contributed by atoms with van der Waals surface area (Å²) in [4.78, 5) is 11.2. The predicted octanol–water partition coefficient (Wildman–Crippen LogP) is 1.57. The van der Waals surface area contributed by atoms with Crippen molar-refractivity contribution in [3.8, 4) is 17.1 Å². The van der Waals surface area contributed by atoms with E-state index in [4.69, 9.17) is 15.2 Å². The molecular formula is C15H18N4O2. The molecule has 0 saturated carbocycles. The number of ether oxygens (including phenoxy) is 2. The van der Waals surface area contributed by atoms with Crippen LogP contribution < -0.4 is 15.4 Å². The third kappa shape index (κ3) is 2.90. The van der Waals surface area contributed by atoms with Gasteiger partial charge in [-0.25, -0.2) is 9.97 Å². The summed E-state index contributed by atoms with van der Waals surface area (Å²) in [6, 6.07) is 7.55. The average molecular weight is 286 g/mol. The van der Waals surface area contributed by atoms with E-state index in [1.54, 1.807) is 13.3 Å². The fourth-order valence-corrected chi connectivity index (χ4v) is 2.32. The lowest BCUT2D eigenvalue weighted by Gasteiger charge is -2.28. The maximum absolute atomic E-state index is 5.83. The zero-order chi connectivity index (χ0) is 14.7. The number of nitrogens with zero attached hydrogens (tertiary/aromatic N) is 3. The summed E-state index contributed by atoms with van der Waals surface area (Å²) in [5.74, 6) is 2.11. The van der Waals surface area contributed by atoms with Crippen LogP contribution in [-0.2, 0) is 4.74 Å². The van der Waals surface area contributed by atoms with Crippen molar-refractivity contribution in [2.75, 3.05) is 44.0 Å². The lowest BCUT2D eigenvalue weighted by Crippen LogP contribution is -2.37. The molecule has 2 aromatic rings. The maximum Gasteiger partial charge on any atom is 0.179 e. The van der Waals surface area contributed by atoms with Crippen LogP contribution in [0.4, 0.5) is 11.5 Å². The van der Waals surface area contributed by atoms with Crippen molar-refractivity contribution in [2.45, 2.75) is 0 Å². The van der Waals surface area contributed by atoms with E-state index >= 15 is 0 Å². The average Bonchev–Trinajstić information content (AvgIpc) is 2.55. The minimum absolute atomic E-state index is 0.643. The van der Waals surface area contributed by atoms with Gasteiger partial charge in [-0.2, -0.15) is 0 Å². The van der Waals surface area contributed by atoms with Crippen LogP contribution in [0.3, 0.4) is 0 Å². The van der Waals surface area contributed by atoms with Gasteiger partial charge in [-0.1, -0.05) is 12.1 Å². The van der Waals surface area contributed by atoms with Crippen molar-refractivity contribution < 1.29 is 9.47 Å². The van der Waals surface area contributed by atoms with Gasteiger partial charge in [0.1, 0.15) is 0 Å². The van der Waals surface area contributed by atoms with E-state index < -0.39 is 0 Å². The smallest absolute Gasteiger partial charge is 0.179 e. The largest absolute Gasteiger partial charge is 0.491 e. The molecule has 1 saturated heterocycles. The van der Waals surface area contributed by atoms with Crippen LogP contribution in [0.15, 0.2) is 30.5 Å². The van der Waals surface area contributed by atoms with Crippen molar-refractivity contribution in [1.82, 2.24) is 9.97 Å². The maximum atomic E-state index is 5.83. The molecule has 6 heteroatoms. The number of nitrogen functional groups attached to an aromatic ring is 1. The molecule has 2 heterocycles. The molecule has 1 aromatic heterocycles. The normalized spacial score (nSPS) is 15.0. The molecule has 1 aliphatic heterocycles. The third-order valence-corrected chi connectivity index (χ3v) is 3.41. The Bertz CT molecular complexity index is 627. The Balaban J connectivity index is 1.99. The first kappa shape index (κ1) is 13.6. The van der Waals surface area contributed by atoms with Gasteiger partial charge < -0.3 is 20.1 Å². The molecule has 6 nitrogen and oxygen atoms in total. The lowest BCUT2D eigenvalue weighted by atomic mass is 10.2. The van der Waals surface area contributed by atoms with E-state index in [9.17, 15) is 0 Å². The first-order valence-corrected chi connectivity index (χ1v) is 6.87. The summed E-state index contributed by atoms with van der Waals surface area (Å²) in [6.07, 6.45) is 1.70. The van der Waals surface area contributed by atoms with E-state index in [0.29, 0.717) is 30.5 Å². The molecule has 0 atom stereocenters. The predicted molar refractivity (Wildman–Crippen MR) is 81.5 cm³/mol. The number of anilines is 2. The van der Waals surface area contributed by atoms with Gasteiger partial charge in [0, 0.05) is 24.3 Å². The number of hydrogen-bond acceptors (Lipinski definition) is 6. The number of aromatic nitrogens is 2. The van der Waals surface area contributed by atoms with Crippen LogP contribution in [0, 0.1) is 0 Å². The van der Waals surface area contributed by atoms with Gasteiger partial charge in [0.25, 0.3) is 0 Å². The van der Waals surface area contributed by atoms with E-state index in [1.807, 2.05) is 24.3 Å². The standard InChI is InChI=1S/C15H18N4O2/c1-20-13-10-17-14(11-3-2-4-12(16)9-11)18-15(13)19-5-7-21-8-6-19/h2-4,9-10H,5-8,16H2,1H3. The Morgan fingerprint density at radius 2 is 2.10 bits per heavy atom. The number of rotatable bonds is 3. The third-order valence-electron chi connectivity index (χ3n) is 3.41. The molecule has 0 aliphatic carbocycles. The molecule has 1 fully saturated rings. The van der Waals surface area contributed by atoms with Gasteiger partial charge in [0.05, 0.1) is 26.5 Å². The van der Waals surface area contributed by atoms with Crippen molar-refractivity contribution in [1.29, 1.82) is 0 Å². The van der Waals surface area contributed by atoms with Gasteiger partial charge in [-0.3, -0.25) is 0 Å².